The van der Waals surface area contributed by atoms with Crippen molar-refractivity contribution in [2.24, 2.45) is 5.92 Å². The highest BCUT2D eigenvalue weighted by Crippen LogP contribution is 2.40. The number of carbonyl (C=O) groups excluding carboxylic acids is 1. The summed E-state index contributed by atoms with van der Waals surface area (Å²) in [5, 5.41) is 10.5. The van der Waals surface area contributed by atoms with Crippen molar-refractivity contribution in [2.75, 3.05) is 12.4 Å². The van der Waals surface area contributed by atoms with Crippen molar-refractivity contribution < 1.29 is 18.7 Å². The van der Waals surface area contributed by atoms with Gasteiger partial charge in [0.15, 0.2) is 5.65 Å². The molecule has 2 saturated carbocycles. The first-order valence-electron chi connectivity index (χ1n) is 9.00. The lowest BCUT2D eigenvalue weighted by Gasteiger charge is -2.11. The van der Waals surface area contributed by atoms with E-state index in [2.05, 4.69) is 30.5 Å². The molecule has 2 fully saturated rings. The number of nitrogens with one attached hydrogen (secondary N) is 2. The van der Waals surface area contributed by atoms with Gasteiger partial charge in [0.1, 0.15) is 30.0 Å². The minimum atomic E-state index is -1.06. The Kier molecular flexibility index (Phi) is 3.85. The predicted octanol–water partition coefficient (Wildman–Crippen LogP) is 2.26. The van der Waals surface area contributed by atoms with E-state index in [1.165, 1.54) is 13.4 Å². The van der Waals surface area contributed by atoms with Gasteiger partial charge in [0.2, 0.25) is 17.7 Å². The molecule has 9 nitrogen and oxygen atoms in total. The molecule has 0 aliphatic heterocycles. The first kappa shape index (κ1) is 16.8. The molecule has 2 aliphatic carbocycles. The lowest BCUT2D eigenvalue weighted by Crippen LogP contribution is -2.15. The van der Waals surface area contributed by atoms with Crippen LogP contribution in [0.25, 0.3) is 22.3 Å². The number of ether oxygens (including phenoxy) is 2. The number of H-pyrrole nitrogens is 1. The van der Waals surface area contributed by atoms with Crippen molar-refractivity contribution in [1.29, 1.82) is 0 Å². The van der Waals surface area contributed by atoms with Crippen molar-refractivity contribution >= 4 is 22.8 Å². The van der Waals surface area contributed by atoms with E-state index in [9.17, 15) is 9.18 Å². The fraction of sp³-hybridized carbons (Fsp3) is 0.389. The molecule has 3 aromatic rings. The van der Waals surface area contributed by atoms with Crippen molar-refractivity contribution in [3.05, 3.63) is 18.5 Å². The number of nitrogens with zero attached hydrogens (tertiary/aromatic N) is 4. The molecular weight excluding hydrogens is 367 g/mol. The van der Waals surface area contributed by atoms with Crippen LogP contribution in [0.15, 0.2) is 18.5 Å². The number of rotatable bonds is 6. The predicted molar refractivity (Wildman–Crippen MR) is 96.7 cm³/mol. The Labute approximate surface area is 158 Å². The second-order valence-corrected chi connectivity index (χ2v) is 6.89. The van der Waals surface area contributed by atoms with E-state index >= 15 is 0 Å². The molecule has 5 rings (SSSR count). The minimum Gasteiger partial charge on any atom is -0.480 e. The van der Waals surface area contributed by atoms with Crippen LogP contribution < -0.4 is 14.8 Å². The number of aromatic amines is 1. The van der Waals surface area contributed by atoms with Crippen LogP contribution in [0.1, 0.15) is 19.3 Å². The summed E-state index contributed by atoms with van der Waals surface area (Å²) in [5.41, 5.74) is 1.57. The van der Waals surface area contributed by atoms with Gasteiger partial charge in [0.25, 0.3) is 0 Å². The van der Waals surface area contributed by atoms with Crippen LogP contribution in [-0.2, 0) is 4.79 Å². The molecule has 0 spiro atoms. The zero-order chi connectivity index (χ0) is 19.3. The number of fused-ring (bicyclic) bond motifs is 1. The highest BCUT2D eigenvalue weighted by atomic mass is 19.1. The van der Waals surface area contributed by atoms with E-state index in [1.807, 2.05) is 0 Å². The Morgan fingerprint density at radius 3 is 2.79 bits per heavy atom. The molecule has 2 N–H and O–H groups in total. The Balaban J connectivity index is 1.51. The molecule has 2 unspecified atom stereocenters. The molecule has 144 valence electrons. The van der Waals surface area contributed by atoms with Gasteiger partial charge in [-0.25, -0.2) is 19.3 Å². The Bertz CT molecular complexity index is 1070. The van der Waals surface area contributed by atoms with Crippen molar-refractivity contribution in [1.82, 2.24) is 25.1 Å². The average Bonchev–Trinajstić information content (AvgIpc) is 3.61. The Morgan fingerprint density at radius 2 is 2.07 bits per heavy atom. The molecule has 3 aromatic heterocycles. The maximum Gasteiger partial charge on any atom is 0.231 e. The van der Waals surface area contributed by atoms with Crippen LogP contribution >= 0.6 is 0 Å². The second kappa shape index (κ2) is 6.39. The van der Waals surface area contributed by atoms with Gasteiger partial charge in [0, 0.05) is 5.39 Å². The topological polar surface area (TPSA) is 115 Å². The lowest BCUT2D eigenvalue weighted by molar-refractivity contribution is -0.117. The van der Waals surface area contributed by atoms with Gasteiger partial charge in [-0.15, -0.1) is 0 Å². The Hall–Kier alpha value is -3.30. The third kappa shape index (κ3) is 3.00. The maximum absolute atomic E-state index is 13.0. The van der Waals surface area contributed by atoms with E-state index in [0.29, 0.717) is 39.9 Å². The molecular formula is C18H17FN6O3. The second-order valence-electron chi connectivity index (χ2n) is 6.89. The number of amides is 1. The van der Waals surface area contributed by atoms with Crippen molar-refractivity contribution in [2.45, 2.75) is 31.5 Å². The first-order chi connectivity index (χ1) is 13.6. The number of hydrogen-bond donors (Lipinski definition) is 2. The number of halogens is 1. The molecule has 2 atom stereocenters. The maximum atomic E-state index is 13.0. The van der Waals surface area contributed by atoms with Gasteiger partial charge in [-0.05, 0) is 31.4 Å². The number of aromatic nitrogens is 5. The standard InChI is InChI=1S/C18H17FN6O3/c1-27-17-13(18(21-7-20-17)28-8-2-3-8)14-9-4-5-12(22-15(9)25-24-14)23-16(26)10-6-11(10)19/h4-5,7-8,10-11H,2-3,6H2,1H3,(H2,22,23,24,25,26). The average molecular weight is 384 g/mol. The van der Waals surface area contributed by atoms with Gasteiger partial charge >= 0.3 is 0 Å². The minimum absolute atomic E-state index is 0.147. The number of carbonyl (C=O) groups is 1. The zero-order valence-corrected chi connectivity index (χ0v) is 15.0. The molecule has 0 saturated heterocycles. The smallest absolute Gasteiger partial charge is 0.231 e. The number of pyridine rings is 1. The quantitative estimate of drug-likeness (QED) is 0.670. The van der Waals surface area contributed by atoms with E-state index in [0.717, 1.165) is 12.8 Å². The molecule has 28 heavy (non-hydrogen) atoms. The number of anilines is 1. The number of hydrogen-bond acceptors (Lipinski definition) is 7. The summed E-state index contributed by atoms with van der Waals surface area (Å²) in [4.78, 5) is 24.7. The normalized spacial score (nSPS) is 20.8. The van der Waals surface area contributed by atoms with Crippen molar-refractivity contribution in [3.8, 4) is 23.0 Å². The highest BCUT2D eigenvalue weighted by Gasteiger charge is 2.43. The number of methoxy groups -OCH3 is 1. The molecule has 10 heteroatoms. The fourth-order valence-electron chi connectivity index (χ4n) is 2.97. The van der Waals surface area contributed by atoms with E-state index in [-0.39, 0.29) is 18.4 Å². The van der Waals surface area contributed by atoms with E-state index < -0.39 is 12.1 Å². The molecule has 0 aromatic carbocycles. The molecule has 0 radical (unpaired) electrons. The third-order valence-electron chi connectivity index (χ3n) is 4.74. The van der Waals surface area contributed by atoms with Crippen LogP contribution in [0.3, 0.4) is 0 Å². The first-order valence-corrected chi connectivity index (χ1v) is 9.00. The van der Waals surface area contributed by atoms with Crippen molar-refractivity contribution in [3.63, 3.8) is 0 Å². The van der Waals surface area contributed by atoms with Crippen LogP contribution in [0, 0.1) is 5.92 Å². The van der Waals surface area contributed by atoms with Crippen LogP contribution in [-0.4, -0.2) is 50.4 Å². The molecule has 2 aliphatic rings. The lowest BCUT2D eigenvalue weighted by atomic mass is 10.1. The summed E-state index contributed by atoms with van der Waals surface area (Å²) < 4.78 is 24.3. The SMILES string of the molecule is COc1ncnc(OC2CC2)c1-c1[nH]nc2nc(NC(=O)C3CC3F)ccc12. The van der Waals surface area contributed by atoms with Gasteiger partial charge in [-0.1, -0.05) is 0 Å². The van der Waals surface area contributed by atoms with Gasteiger partial charge in [0.05, 0.1) is 18.7 Å². The fourth-order valence-corrected chi connectivity index (χ4v) is 2.97. The van der Waals surface area contributed by atoms with Gasteiger partial charge in [-0.2, -0.15) is 5.10 Å². The molecule has 0 bridgehead atoms. The monoisotopic (exact) mass is 384 g/mol. The summed E-state index contributed by atoms with van der Waals surface area (Å²) in [6, 6.07) is 3.41. The summed E-state index contributed by atoms with van der Waals surface area (Å²) in [5.74, 6) is 0.144. The third-order valence-corrected chi connectivity index (χ3v) is 4.74. The summed E-state index contributed by atoms with van der Waals surface area (Å²) in [6.45, 7) is 0. The highest BCUT2D eigenvalue weighted by molar-refractivity contribution is 5.97. The van der Waals surface area contributed by atoms with Crippen LogP contribution in [0.4, 0.5) is 10.2 Å². The van der Waals surface area contributed by atoms with Crippen LogP contribution in [0.5, 0.6) is 11.8 Å². The summed E-state index contributed by atoms with van der Waals surface area (Å²) in [7, 11) is 1.52. The van der Waals surface area contributed by atoms with E-state index in [4.69, 9.17) is 9.47 Å². The summed E-state index contributed by atoms with van der Waals surface area (Å²) in [6.07, 6.45) is 2.71. The van der Waals surface area contributed by atoms with E-state index in [1.54, 1.807) is 12.1 Å². The van der Waals surface area contributed by atoms with Gasteiger partial charge < -0.3 is 14.8 Å². The Morgan fingerprint density at radius 1 is 1.29 bits per heavy atom. The molecule has 3 heterocycles. The largest absolute Gasteiger partial charge is 0.480 e. The summed E-state index contributed by atoms with van der Waals surface area (Å²) >= 11 is 0. The van der Waals surface area contributed by atoms with Crippen LogP contribution in [0.2, 0.25) is 0 Å². The van der Waals surface area contributed by atoms with Gasteiger partial charge in [-0.3, -0.25) is 9.89 Å². The zero-order valence-electron chi connectivity index (χ0n) is 15.0. The number of alkyl halides is 1. The molecule has 1 amide bonds.